The van der Waals surface area contributed by atoms with Crippen LogP contribution in [0.4, 0.5) is 0 Å². The van der Waals surface area contributed by atoms with Crippen LogP contribution >= 0.6 is 23.1 Å². The Hall–Kier alpha value is -0.100. The fourth-order valence-electron chi connectivity index (χ4n) is 1.57. The molecular formula is C13H25N3S2. The lowest BCUT2D eigenvalue weighted by molar-refractivity contribution is 0.344. The minimum atomic E-state index is 0.696. The van der Waals surface area contributed by atoms with Crippen molar-refractivity contribution in [2.45, 2.75) is 26.9 Å². The Morgan fingerprint density at radius 2 is 2.28 bits per heavy atom. The second kappa shape index (κ2) is 8.91. The number of thiazole rings is 1. The molecule has 1 N–H and O–H groups in total. The van der Waals surface area contributed by atoms with Gasteiger partial charge in [-0.3, -0.25) is 4.90 Å². The van der Waals surface area contributed by atoms with Gasteiger partial charge in [0.1, 0.15) is 5.01 Å². The van der Waals surface area contributed by atoms with E-state index in [-0.39, 0.29) is 0 Å². The number of aromatic nitrogens is 1. The largest absolute Gasteiger partial charge is 0.310 e. The van der Waals surface area contributed by atoms with Gasteiger partial charge in [0.15, 0.2) is 0 Å². The van der Waals surface area contributed by atoms with E-state index in [2.05, 4.69) is 47.7 Å². The number of hydrogen-bond donors (Lipinski definition) is 1. The molecule has 0 spiro atoms. The molecule has 1 heterocycles. The molecule has 0 amide bonds. The highest BCUT2D eigenvalue weighted by Crippen LogP contribution is 2.11. The summed E-state index contributed by atoms with van der Waals surface area (Å²) in [5.41, 5.74) is 1.20. The Labute approximate surface area is 119 Å². The minimum absolute atomic E-state index is 0.696. The normalized spacial score (nSPS) is 11.7. The summed E-state index contributed by atoms with van der Waals surface area (Å²) in [5.74, 6) is 1.88. The van der Waals surface area contributed by atoms with Gasteiger partial charge < -0.3 is 5.32 Å². The van der Waals surface area contributed by atoms with E-state index in [9.17, 15) is 0 Å². The molecule has 0 fully saturated rings. The molecule has 0 aliphatic rings. The molecular weight excluding hydrogens is 262 g/mol. The number of hydrogen-bond acceptors (Lipinski definition) is 5. The second-order valence-corrected chi connectivity index (χ2v) is 6.92. The van der Waals surface area contributed by atoms with E-state index in [1.54, 1.807) is 11.3 Å². The molecule has 0 unspecified atom stereocenters. The van der Waals surface area contributed by atoms with Crippen LogP contribution in [0.3, 0.4) is 0 Å². The predicted octanol–water partition coefficient (Wildman–Crippen LogP) is 2.68. The molecule has 0 aromatic carbocycles. The van der Waals surface area contributed by atoms with E-state index < -0.39 is 0 Å². The SMILES string of the molecule is CSCCN(C)Cc1csc(CNCC(C)C)n1. The smallest absolute Gasteiger partial charge is 0.107 e. The molecule has 0 aliphatic heterocycles. The highest BCUT2D eigenvalue weighted by Gasteiger charge is 2.05. The zero-order valence-corrected chi connectivity index (χ0v) is 13.5. The maximum absolute atomic E-state index is 4.66. The summed E-state index contributed by atoms with van der Waals surface area (Å²) in [6.45, 7) is 8.49. The van der Waals surface area contributed by atoms with Gasteiger partial charge in [-0.15, -0.1) is 11.3 Å². The molecule has 0 bridgehead atoms. The minimum Gasteiger partial charge on any atom is -0.310 e. The van der Waals surface area contributed by atoms with Gasteiger partial charge in [0.25, 0.3) is 0 Å². The zero-order valence-electron chi connectivity index (χ0n) is 11.9. The van der Waals surface area contributed by atoms with E-state index in [4.69, 9.17) is 0 Å². The van der Waals surface area contributed by atoms with Crippen LogP contribution in [0, 0.1) is 5.92 Å². The average molecular weight is 287 g/mol. The summed E-state index contributed by atoms with van der Waals surface area (Å²) in [7, 11) is 2.16. The lowest BCUT2D eigenvalue weighted by Gasteiger charge is -2.13. The summed E-state index contributed by atoms with van der Waals surface area (Å²) in [6, 6.07) is 0. The number of thioether (sulfide) groups is 1. The number of nitrogens with one attached hydrogen (secondary N) is 1. The monoisotopic (exact) mass is 287 g/mol. The van der Waals surface area contributed by atoms with E-state index >= 15 is 0 Å². The topological polar surface area (TPSA) is 28.2 Å². The van der Waals surface area contributed by atoms with Gasteiger partial charge in [-0.05, 0) is 25.8 Å². The van der Waals surface area contributed by atoms with Gasteiger partial charge in [-0.1, -0.05) is 13.8 Å². The molecule has 0 aliphatic carbocycles. The molecule has 1 aromatic rings. The third-order valence-corrected chi connectivity index (χ3v) is 4.03. The second-order valence-electron chi connectivity index (χ2n) is 4.99. The number of nitrogens with zero attached hydrogens (tertiary/aromatic N) is 2. The highest BCUT2D eigenvalue weighted by atomic mass is 32.2. The Morgan fingerprint density at radius 1 is 1.50 bits per heavy atom. The zero-order chi connectivity index (χ0) is 13.4. The molecule has 0 atom stereocenters. The third-order valence-electron chi connectivity index (χ3n) is 2.54. The van der Waals surface area contributed by atoms with Crippen molar-refractivity contribution in [2.24, 2.45) is 5.92 Å². The van der Waals surface area contributed by atoms with Crippen LogP contribution in [-0.2, 0) is 13.1 Å². The molecule has 0 saturated carbocycles. The Bertz CT molecular complexity index is 326. The van der Waals surface area contributed by atoms with Crippen molar-refractivity contribution >= 4 is 23.1 Å². The predicted molar refractivity (Wildman–Crippen MR) is 83.4 cm³/mol. The first-order chi connectivity index (χ1) is 8.61. The first-order valence-electron chi connectivity index (χ1n) is 6.43. The van der Waals surface area contributed by atoms with Crippen LogP contribution in [0.25, 0.3) is 0 Å². The van der Waals surface area contributed by atoms with Crippen LogP contribution in [0.15, 0.2) is 5.38 Å². The molecule has 3 nitrogen and oxygen atoms in total. The standard InChI is InChI=1S/C13H25N3S2/c1-11(2)7-14-8-13-15-12(10-18-13)9-16(3)5-6-17-4/h10-11,14H,5-9H2,1-4H3. The molecule has 18 heavy (non-hydrogen) atoms. The fraction of sp³-hybridized carbons (Fsp3) is 0.769. The first-order valence-corrected chi connectivity index (χ1v) is 8.70. The summed E-state index contributed by atoms with van der Waals surface area (Å²) in [5, 5.41) is 6.81. The van der Waals surface area contributed by atoms with Crippen LogP contribution < -0.4 is 5.32 Å². The van der Waals surface area contributed by atoms with Crippen molar-refractivity contribution in [3.63, 3.8) is 0 Å². The van der Waals surface area contributed by atoms with Gasteiger partial charge >= 0.3 is 0 Å². The van der Waals surface area contributed by atoms with Gasteiger partial charge in [0, 0.05) is 30.8 Å². The quantitative estimate of drug-likeness (QED) is 0.756. The molecule has 1 rings (SSSR count). The van der Waals surface area contributed by atoms with Crippen molar-refractivity contribution in [1.82, 2.24) is 15.2 Å². The summed E-state index contributed by atoms with van der Waals surface area (Å²) >= 11 is 3.65. The molecule has 5 heteroatoms. The van der Waals surface area contributed by atoms with Crippen molar-refractivity contribution in [3.05, 3.63) is 16.1 Å². The Morgan fingerprint density at radius 3 is 2.94 bits per heavy atom. The van der Waals surface area contributed by atoms with E-state index in [0.29, 0.717) is 5.92 Å². The third kappa shape index (κ3) is 6.73. The first kappa shape index (κ1) is 16.0. The van der Waals surface area contributed by atoms with Gasteiger partial charge in [0.2, 0.25) is 0 Å². The van der Waals surface area contributed by atoms with Crippen molar-refractivity contribution < 1.29 is 0 Å². The molecule has 1 aromatic heterocycles. The van der Waals surface area contributed by atoms with E-state index in [1.807, 2.05) is 11.8 Å². The lowest BCUT2D eigenvalue weighted by Crippen LogP contribution is -2.21. The van der Waals surface area contributed by atoms with Crippen LogP contribution in [-0.4, -0.2) is 42.0 Å². The van der Waals surface area contributed by atoms with E-state index in [0.717, 1.165) is 26.2 Å². The van der Waals surface area contributed by atoms with Crippen molar-refractivity contribution in [1.29, 1.82) is 0 Å². The summed E-state index contributed by atoms with van der Waals surface area (Å²) in [4.78, 5) is 6.99. The van der Waals surface area contributed by atoms with Crippen LogP contribution in [0.1, 0.15) is 24.5 Å². The van der Waals surface area contributed by atoms with Crippen molar-refractivity contribution in [2.75, 3.05) is 32.1 Å². The van der Waals surface area contributed by atoms with Gasteiger partial charge in [-0.25, -0.2) is 4.98 Å². The Balaban J connectivity index is 2.29. The Kier molecular flexibility index (Phi) is 7.90. The average Bonchev–Trinajstić information content (AvgIpc) is 2.73. The maximum Gasteiger partial charge on any atom is 0.107 e. The fourth-order valence-corrected chi connectivity index (χ4v) is 2.82. The summed E-state index contributed by atoms with van der Waals surface area (Å²) < 4.78 is 0. The van der Waals surface area contributed by atoms with Gasteiger partial charge in [0.05, 0.1) is 5.69 Å². The van der Waals surface area contributed by atoms with Crippen LogP contribution in [0.5, 0.6) is 0 Å². The van der Waals surface area contributed by atoms with Crippen molar-refractivity contribution in [3.8, 4) is 0 Å². The molecule has 0 saturated heterocycles. The van der Waals surface area contributed by atoms with Crippen LogP contribution in [0.2, 0.25) is 0 Å². The van der Waals surface area contributed by atoms with E-state index in [1.165, 1.54) is 16.5 Å². The highest BCUT2D eigenvalue weighted by molar-refractivity contribution is 7.98. The molecule has 0 radical (unpaired) electrons. The van der Waals surface area contributed by atoms with Gasteiger partial charge in [-0.2, -0.15) is 11.8 Å². The number of rotatable bonds is 9. The summed E-state index contributed by atoms with van der Waals surface area (Å²) in [6.07, 6.45) is 2.15. The maximum atomic E-state index is 4.66. The molecule has 104 valence electrons. The lowest BCUT2D eigenvalue weighted by atomic mass is 10.2.